The average Bonchev–Trinajstić information content (AvgIpc) is 2.46. The fourth-order valence-corrected chi connectivity index (χ4v) is 3.84. The summed E-state index contributed by atoms with van der Waals surface area (Å²) in [5, 5.41) is 3.05. The Balaban J connectivity index is 2.36. The van der Waals surface area contributed by atoms with Gasteiger partial charge in [0.1, 0.15) is 4.90 Å². The molecule has 0 fully saturated rings. The third-order valence-electron chi connectivity index (χ3n) is 3.60. The van der Waals surface area contributed by atoms with Gasteiger partial charge in [0.05, 0.1) is 5.02 Å². The highest BCUT2D eigenvalue weighted by atomic mass is 35.5. The van der Waals surface area contributed by atoms with E-state index in [4.69, 9.17) is 11.6 Å². The largest absolute Gasteiger partial charge is 0.354 e. The van der Waals surface area contributed by atoms with Crippen LogP contribution in [-0.4, -0.2) is 26.9 Å². The summed E-state index contributed by atoms with van der Waals surface area (Å²) >= 11 is 5.89. The maximum atomic E-state index is 12.1. The van der Waals surface area contributed by atoms with Crippen LogP contribution in [0.25, 0.3) is 0 Å². The van der Waals surface area contributed by atoms with Crippen LogP contribution < -0.4 is 10.0 Å². The van der Waals surface area contributed by atoms with Gasteiger partial charge in [0.25, 0.3) is 0 Å². The third-order valence-corrected chi connectivity index (χ3v) is 5.56. The maximum absolute atomic E-state index is 12.1. The molecule has 5 nitrogen and oxygen atoms in total. The summed E-state index contributed by atoms with van der Waals surface area (Å²) in [5.74, 6) is 0.501. The molecular formula is C17H27ClN2O3S. The summed E-state index contributed by atoms with van der Waals surface area (Å²) < 4.78 is 26.7. The number of carbonyl (C=O) groups excluding carboxylic acids is 1. The minimum Gasteiger partial charge on any atom is -0.354 e. The molecule has 2 N–H and O–H groups in total. The van der Waals surface area contributed by atoms with E-state index < -0.39 is 10.0 Å². The van der Waals surface area contributed by atoms with Crippen LogP contribution in [0.4, 0.5) is 0 Å². The van der Waals surface area contributed by atoms with Crippen LogP contribution in [0, 0.1) is 5.92 Å². The summed E-state index contributed by atoms with van der Waals surface area (Å²) in [7, 11) is -3.70. The first-order chi connectivity index (χ1) is 11.2. The number of hydrogen-bond donors (Lipinski definition) is 2. The number of hydrogen-bond acceptors (Lipinski definition) is 3. The van der Waals surface area contributed by atoms with E-state index in [0.29, 0.717) is 5.92 Å². The molecule has 0 saturated heterocycles. The van der Waals surface area contributed by atoms with Gasteiger partial charge < -0.3 is 5.32 Å². The Morgan fingerprint density at radius 1 is 1.17 bits per heavy atom. The van der Waals surface area contributed by atoms with Crippen molar-refractivity contribution in [3.05, 3.63) is 29.3 Å². The molecule has 7 heteroatoms. The zero-order valence-electron chi connectivity index (χ0n) is 14.5. The molecule has 0 spiro atoms. The standard InChI is InChI=1S/C17H27ClN2O3S/c1-13(2)7-6-8-14(3)20-17(21)11-12-19-24(22,23)16-10-5-4-9-15(16)18/h4-5,9-10,13-14,19H,6-8,11-12H2,1-3H3,(H,20,21). The predicted molar refractivity (Wildman–Crippen MR) is 97.6 cm³/mol. The van der Waals surface area contributed by atoms with Crippen LogP contribution in [0.1, 0.15) is 46.5 Å². The van der Waals surface area contributed by atoms with Gasteiger partial charge in [-0.2, -0.15) is 0 Å². The van der Waals surface area contributed by atoms with E-state index in [1.165, 1.54) is 12.1 Å². The predicted octanol–water partition coefficient (Wildman–Crippen LogP) is 3.34. The Morgan fingerprint density at radius 2 is 1.83 bits per heavy atom. The molecule has 1 aromatic rings. The molecule has 0 saturated carbocycles. The van der Waals surface area contributed by atoms with Crippen molar-refractivity contribution in [3.63, 3.8) is 0 Å². The molecule has 0 aliphatic carbocycles. The average molecular weight is 375 g/mol. The molecule has 0 bridgehead atoms. The Bertz CT molecular complexity index is 632. The van der Waals surface area contributed by atoms with Gasteiger partial charge in [-0.3, -0.25) is 4.79 Å². The van der Waals surface area contributed by atoms with Crippen LogP contribution in [0.15, 0.2) is 29.2 Å². The van der Waals surface area contributed by atoms with Crippen LogP contribution in [-0.2, 0) is 14.8 Å². The van der Waals surface area contributed by atoms with Gasteiger partial charge in [0.15, 0.2) is 0 Å². The van der Waals surface area contributed by atoms with Crippen molar-refractivity contribution in [1.29, 1.82) is 0 Å². The number of halogens is 1. The first-order valence-corrected chi connectivity index (χ1v) is 10.1. The Labute approximate surface area is 150 Å². The van der Waals surface area contributed by atoms with Gasteiger partial charge in [-0.1, -0.05) is 50.4 Å². The fraction of sp³-hybridized carbons (Fsp3) is 0.588. The maximum Gasteiger partial charge on any atom is 0.242 e. The van der Waals surface area contributed by atoms with Gasteiger partial charge in [-0.25, -0.2) is 13.1 Å². The molecule has 1 amide bonds. The summed E-state index contributed by atoms with van der Waals surface area (Å²) in [6.45, 7) is 6.35. The lowest BCUT2D eigenvalue weighted by Crippen LogP contribution is -2.35. The first kappa shape index (κ1) is 20.9. The molecule has 1 aromatic carbocycles. The molecule has 1 rings (SSSR count). The third kappa shape index (κ3) is 7.64. The number of amides is 1. The highest BCUT2D eigenvalue weighted by molar-refractivity contribution is 7.89. The van der Waals surface area contributed by atoms with Crippen molar-refractivity contribution in [2.24, 2.45) is 5.92 Å². The lowest BCUT2D eigenvalue weighted by atomic mass is 10.0. The topological polar surface area (TPSA) is 75.3 Å². The Kier molecular flexibility index (Phi) is 8.73. The van der Waals surface area contributed by atoms with Crippen molar-refractivity contribution >= 4 is 27.5 Å². The van der Waals surface area contributed by atoms with Crippen molar-refractivity contribution in [3.8, 4) is 0 Å². The second kappa shape index (κ2) is 10.0. The molecule has 0 aliphatic rings. The second-order valence-corrected chi connectivity index (χ2v) is 8.51. The highest BCUT2D eigenvalue weighted by Gasteiger charge is 2.17. The Morgan fingerprint density at radius 3 is 2.46 bits per heavy atom. The van der Waals surface area contributed by atoms with E-state index in [0.717, 1.165) is 19.3 Å². The van der Waals surface area contributed by atoms with Gasteiger partial charge in [0, 0.05) is 19.0 Å². The normalized spacial score (nSPS) is 13.0. The van der Waals surface area contributed by atoms with E-state index >= 15 is 0 Å². The summed E-state index contributed by atoms with van der Waals surface area (Å²) in [6, 6.07) is 6.31. The number of benzene rings is 1. The molecule has 0 aromatic heterocycles. The van der Waals surface area contributed by atoms with Crippen LogP contribution >= 0.6 is 11.6 Å². The van der Waals surface area contributed by atoms with Crippen LogP contribution in [0.2, 0.25) is 5.02 Å². The van der Waals surface area contributed by atoms with Crippen LogP contribution in [0.3, 0.4) is 0 Å². The van der Waals surface area contributed by atoms with Gasteiger partial charge >= 0.3 is 0 Å². The summed E-state index contributed by atoms with van der Waals surface area (Å²) in [6.07, 6.45) is 3.23. The SMILES string of the molecule is CC(C)CCCC(C)NC(=O)CCNS(=O)(=O)c1ccccc1Cl. The summed E-state index contributed by atoms with van der Waals surface area (Å²) in [4.78, 5) is 11.9. The zero-order valence-corrected chi connectivity index (χ0v) is 16.1. The van der Waals surface area contributed by atoms with Gasteiger partial charge in [-0.15, -0.1) is 0 Å². The van der Waals surface area contributed by atoms with Crippen molar-refractivity contribution in [1.82, 2.24) is 10.0 Å². The molecule has 0 heterocycles. The Hall–Kier alpha value is -1.11. The smallest absolute Gasteiger partial charge is 0.242 e. The second-order valence-electron chi connectivity index (χ2n) is 6.37. The quantitative estimate of drug-likeness (QED) is 0.659. The van der Waals surface area contributed by atoms with E-state index in [2.05, 4.69) is 23.9 Å². The number of sulfonamides is 1. The number of nitrogens with one attached hydrogen (secondary N) is 2. The van der Waals surface area contributed by atoms with E-state index in [1.807, 2.05) is 6.92 Å². The monoisotopic (exact) mass is 374 g/mol. The molecular weight excluding hydrogens is 348 g/mol. The highest BCUT2D eigenvalue weighted by Crippen LogP contribution is 2.19. The van der Waals surface area contributed by atoms with Gasteiger partial charge in [0.2, 0.25) is 15.9 Å². The zero-order chi connectivity index (χ0) is 18.2. The minimum atomic E-state index is -3.70. The molecule has 24 heavy (non-hydrogen) atoms. The molecule has 1 atom stereocenters. The van der Waals surface area contributed by atoms with Gasteiger partial charge in [-0.05, 0) is 31.4 Å². The minimum absolute atomic E-state index is 0.0223. The van der Waals surface area contributed by atoms with Crippen molar-refractivity contribution in [2.75, 3.05) is 6.54 Å². The summed E-state index contributed by atoms with van der Waals surface area (Å²) in [5.41, 5.74) is 0. The molecule has 0 aliphatic heterocycles. The van der Waals surface area contributed by atoms with Crippen molar-refractivity contribution < 1.29 is 13.2 Å². The first-order valence-electron chi connectivity index (χ1n) is 8.26. The van der Waals surface area contributed by atoms with Crippen molar-refractivity contribution in [2.45, 2.75) is 57.4 Å². The van der Waals surface area contributed by atoms with E-state index in [9.17, 15) is 13.2 Å². The number of carbonyl (C=O) groups is 1. The van der Waals surface area contributed by atoms with E-state index in [1.54, 1.807) is 12.1 Å². The van der Waals surface area contributed by atoms with E-state index in [-0.39, 0.29) is 34.8 Å². The lowest BCUT2D eigenvalue weighted by Gasteiger charge is -2.15. The molecule has 0 radical (unpaired) electrons. The molecule has 136 valence electrons. The fourth-order valence-electron chi connectivity index (χ4n) is 2.29. The number of rotatable bonds is 10. The lowest BCUT2D eigenvalue weighted by molar-refractivity contribution is -0.121. The molecule has 1 unspecified atom stereocenters. The van der Waals surface area contributed by atoms with Crippen LogP contribution in [0.5, 0.6) is 0 Å².